The zero-order valence-corrected chi connectivity index (χ0v) is 34.1. The van der Waals surface area contributed by atoms with Crippen LogP contribution in [0, 0.1) is 5.41 Å². The number of aliphatic hydroxyl groups is 1. The Balaban J connectivity index is 1.37. The number of aliphatic hydroxyl groups excluding tert-OH is 1. The molecular weight excluding hydrogens is 729 g/mol. The molecule has 7 unspecified atom stereocenters. The van der Waals surface area contributed by atoms with Crippen molar-refractivity contribution in [2.24, 2.45) is 5.41 Å². The van der Waals surface area contributed by atoms with Crippen LogP contribution in [0.1, 0.15) is 88.3 Å². The zero-order chi connectivity index (χ0) is 40.7. The summed E-state index contributed by atoms with van der Waals surface area (Å²) in [6, 6.07) is 14.9. The SMILES string of the molecule is CCCCCC1(CCCCC)OC2C3CC4(C(=O)N(C)C(Cc5ccccc5)C(=O)NCCO)C(ON(Cc5ccc(C=CC(=O)N(C)C)cc5)C4C(=O)O3)C2O1. The first-order valence-electron chi connectivity index (χ1n) is 20.6. The summed E-state index contributed by atoms with van der Waals surface area (Å²) in [5.41, 5.74) is 1.02. The summed E-state index contributed by atoms with van der Waals surface area (Å²) in [4.78, 5) is 65.6. The van der Waals surface area contributed by atoms with Crippen molar-refractivity contribution in [1.82, 2.24) is 20.2 Å². The van der Waals surface area contributed by atoms with Crippen molar-refractivity contribution in [3.8, 4) is 0 Å². The summed E-state index contributed by atoms with van der Waals surface area (Å²) >= 11 is 0. The minimum atomic E-state index is -1.47. The maximum absolute atomic E-state index is 15.5. The maximum Gasteiger partial charge on any atom is 0.327 e. The molecule has 2 aromatic rings. The molecule has 4 aliphatic rings. The van der Waals surface area contributed by atoms with E-state index in [1.54, 1.807) is 32.3 Å². The smallest absolute Gasteiger partial charge is 0.327 e. The van der Waals surface area contributed by atoms with Gasteiger partial charge in [0.25, 0.3) is 0 Å². The van der Waals surface area contributed by atoms with E-state index in [-0.39, 0.29) is 38.4 Å². The molecule has 0 radical (unpaired) electrons. The summed E-state index contributed by atoms with van der Waals surface area (Å²) in [7, 11) is 4.99. The fourth-order valence-corrected chi connectivity index (χ4v) is 8.92. The topological polar surface area (TPSA) is 147 Å². The van der Waals surface area contributed by atoms with E-state index in [4.69, 9.17) is 19.0 Å². The number of nitrogens with zero attached hydrogens (tertiary/aromatic N) is 3. The fourth-order valence-electron chi connectivity index (χ4n) is 8.92. The van der Waals surface area contributed by atoms with Crippen molar-refractivity contribution in [2.45, 2.75) is 127 Å². The fraction of sp³-hybridized carbons (Fsp3) is 0.591. The molecule has 310 valence electrons. The number of esters is 1. The highest BCUT2D eigenvalue weighted by Gasteiger charge is 2.76. The number of hydrogen-bond acceptors (Lipinski definition) is 10. The first-order chi connectivity index (χ1) is 27.5. The summed E-state index contributed by atoms with van der Waals surface area (Å²) in [5.74, 6) is -2.46. The number of hydrogen-bond donors (Lipinski definition) is 2. The standard InChI is InChI=1S/C44H60N4O9/c1-6-8-13-23-43(24-14-9-7-2)55-36-34-28-44(42(53)47(5)33(40(51)45-25-26-49)27-31-15-11-10-12-16-31)38(41(52)54-34)48(57-39(44)37(36)56-43)29-32-19-17-30(18-20-32)21-22-35(50)46(3)4/h10-12,15-22,33-34,36-39,49H,6-9,13-14,23-29H2,1-5H3,(H,45,51). The molecular formula is C44H60N4O9. The van der Waals surface area contributed by atoms with Crippen LogP contribution in [0.15, 0.2) is 60.7 Å². The van der Waals surface area contributed by atoms with Gasteiger partial charge in [-0.3, -0.25) is 24.0 Å². The summed E-state index contributed by atoms with van der Waals surface area (Å²) in [6.07, 6.45) is 7.80. The van der Waals surface area contributed by atoms with E-state index in [9.17, 15) is 19.5 Å². The number of amides is 3. The Hall–Kier alpha value is -4.14. The van der Waals surface area contributed by atoms with Gasteiger partial charge in [0.05, 0.1) is 13.2 Å². The number of benzene rings is 2. The van der Waals surface area contributed by atoms with Gasteiger partial charge in [0, 0.05) is 59.4 Å². The van der Waals surface area contributed by atoms with Gasteiger partial charge in [-0.05, 0) is 35.6 Å². The molecule has 3 heterocycles. The average Bonchev–Trinajstić information content (AvgIpc) is 3.77. The van der Waals surface area contributed by atoms with Gasteiger partial charge >= 0.3 is 5.97 Å². The molecule has 3 saturated heterocycles. The summed E-state index contributed by atoms with van der Waals surface area (Å²) in [6.45, 7) is 4.24. The quantitative estimate of drug-likeness (QED) is 0.119. The molecule has 13 nitrogen and oxygen atoms in total. The van der Waals surface area contributed by atoms with E-state index in [1.165, 1.54) is 15.9 Å². The Morgan fingerprint density at radius 3 is 2.23 bits per heavy atom. The Morgan fingerprint density at radius 1 is 0.930 bits per heavy atom. The molecule has 6 rings (SSSR count). The average molecular weight is 789 g/mol. The Labute approximate surface area is 336 Å². The van der Waals surface area contributed by atoms with Crippen molar-refractivity contribution < 1.29 is 43.3 Å². The van der Waals surface area contributed by atoms with Crippen LogP contribution in [0.5, 0.6) is 0 Å². The first-order valence-corrected chi connectivity index (χ1v) is 20.6. The van der Waals surface area contributed by atoms with Gasteiger partial charge in [-0.15, -0.1) is 0 Å². The van der Waals surface area contributed by atoms with Crippen LogP contribution in [-0.2, 0) is 51.2 Å². The molecule has 0 aromatic heterocycles. The van der Waals surface area contributed by atoms with E-state index in [0.29, 0.717) is 12.8 Å². The van der Waals surface area contributed by atoms with E-state index in [1.807, 2.05) is 54.6 Å². The van der Waals surface area contributed by atoms with Crippen LogP contribution < -0.4 is 5.32 Å². The molecule has 57 heavy (non-hydrogen) atoms. The lowest BCUT2D eigenvalue weighted by molar-refractivity contribution is -0.225. The second-order valence-electron chi connectivity index (χ2n) is 16.2. The number of carbonyl (C=O) groups excluding carboxylic acids is 4. The number of fused-ring (bicyclic) bond motifs is 4. The second-order valence-corrected chi connectivity index (χ2v) is 16.2. The van der Waals surface area contributed by atoms with Gasteiger partial charge in [-0.1, -0.05) is 94.1 Å². The molecule has 7 atom stereocenters. The monoisotopic (exact) mass is 788 g/mol. The molecule has 13 heteroatoms. The predicted octanol–water partition coefficient (Wildman–Crippen LogP) is 4.41. The van der Waals surface area contributed by atoms with Crippen molar-refractivity contribution in [3.05, 3.63) is 77.4 Å². The molecule has 3 amide bonds. The van der Waals surface area contributed by atoms with Crippen LogP contribution in [-0.4, -0.2) is 120 Å². The van der Waals surface area contributed by atoms with Gasteiger partial charge in [-0.25, -0.2) is 0 Å². The molecule has 1 aliphatic carbocycles. The van der Waals surface area contributed by atoms with Crippen molar-refractivity contribution in [3.63, 3.8) is 0 Å². The minimum Gasteiger partial charge on any atom is -0.458 e. The van der Waals surface area contributed by atoms with Gasteiger partial charge in [0.15, 0.2) is 11.8 Å². The molecule has 1 saturated carbocycles. The summed E-state index contributed by atoms with van der Waals surface area (Å²) in [5, 5.41) is 13.9. The number of likely N-dealkylation sites (N-methyl/N-ethyl adjacent to an activating group) is 2. The number of carbonyl (C=O) groups is 4. The Kier molecular flexibility index (Phi) is 13.9. The van der Waals surface area contributed by atoms with Crippen LogP contribution in [0.25, 0.3) is 6.08 Å². The molecule has 2 bridgehead atoms. The number of hydroxylamine groups is 2. The lowest BCUT2D eigenvalue weighted by Gasteiger charge is -2.50. The molecule has 4 fully saturated rings. The van der Waals surface area contributed by atoms with E-state index in [2.05, 4.69) is 19.2 Å². The van der Waals surface area contributed by atoms with Crippen molar-refractivity contribution in [2.75, 3.05) is 34.3 Å². The highest BCUT2D eigenvalue weighted by molar-refractivity contribution is 5.96. The third-order valence-corrected chi connectivity index (χ3v) is 11.9. The number of rotatable bonds is 19. The van der Waals surface area contributed by atoms with E-state index < -0.39 is 65.5 Å². The molecule has 3 aliphatic heterocycles. The number of unbranched alkanes of at least 4 members (excludes halogenated alkanes) is 4. The van der Waals surface area contributed by atoms with Crippen LogP contribution >= 0.6 is 0 Å². The Bertz CT molecular complexity index is 1730. The zero-order valence-electron chi connectivity index (χ0n) is 34.1. The highest BCUT2D eigenvalue weighted by Crippen LogP contribution is 2.58. The lowest BCUT2D eigenvalue weighted by Crippen LogP contribution is -2.70. The molecule has 2 aromatic carbocycles. The largest absolute Gasteiger partial charge is 0.458 e. The van der Waals surface area contributed by atoms with Gasteiger partial charge in [0.2, 0.25) is 17.7 Å². The first kappa shape index (κ1) is 42.5. The molecule has 0 spiro atoms. The predicted molar refractivity (Wildman–Crippen MR) is 213 cm³/mol. The third kappa shape index (κ3) is 8.97. The highest BCUT2D eigenvalue weighted by atomic mass is 16.8. The maximum atomic E-state index is 15.5. The minimum absolute atomic E-state index is 0.0292. The number of nitrogens with one attached hydrogen (secondary N) is 1. The number of ether oxygens (including phenoxy) is 3. The van der Waals surface area contributed by atoms with Gasteiger partial charge in [-0.2, -0.15) is 5.06 Å². The van der Waals surface area contributed by atoms with Crippen LogP contribution in [0.4, 0.5) is 0 Å². The van der Waals surface area contributed by atoms with Crippen molar-refractivity contribution >= 4 is 29.8 Å². The lowest BCUT2D eigenvalue weighted by atomic mass is 9.62. The van der Waals surface area contributed by atoms with E-state index >= 15 is 4.79 Å². The summed E-state index contributed by atoms with van der Waals surface area (Å²) < 4.78 is 20.2. The van der Waals surface area contributed by atoms with Gasteiger partial charge < -0.3 is 34.4 Å². The molecule has 2 N–H and O–H groups in total. The van der Waals surface area contributed by atoms with Crippen LogP contribution in [0.2, 0.25) is 0 Å². The van der Waals surface area contributed by atoms with Gasteiger partial charge in [0.1, 0.15) is 35.9 Å². The van der Waals surface area contributed by atoms with Crippen LogP contribution in [0.3, 0.4) is 0 Å². The second kappa shape index (κ2) is 18.6. The van der Waals surface area contributed by atoms with Crippen molar-refractivity contribution in [1.29, 1.82) is 0 Å². The third-order valence-electron chi connectivity index (χ3n) is 11.9. The Morgan fingerprint density at radius 2 is 1.60 bits per heavy atom. The van der Waals surface area contributed by atoms with E-state index in [0.717, 1.165) is 55.2 Å². The normalized spacial score (nSPS) is 26.5.